The van der Waals surface area contributed by atoms with Crippen LogP contribution in [0.5, 0.6) is 0 Å². The van der Waals surface area contributed by atoms with Gasteiger partial charge in [0.2, 0.25) is 0 Å². The van der Waals surface area contributed by atoms with Gasteiger partial charge in [-0.25, -0.2) is 0 Å². The first-order chi connectivity index (χ1) is 20.0. The summed E-state index contributed by atoms with van der Waals surface area (Å²) >= 11 is 7.08. The molecule has 2 nitrogen and oxygen atoms in total. The molecule has 0 aromatic carbocycles. The van der Waals surface area contributed by atoms with Gasteiger partial charge in [0.25, 0.3) is 0 Å². The number of rotatable bonds is 30. The molecule has 0 radical (unpaired) electrons. The number of piperidine rings is 1. The molecule has 4 heteroatoms. The fourth-order valence-electron chi connectivity index (χ4n) is 7.06. The molecule has 246 valence electrons. The lowest BCUT2D eigenvalue weighted by Crippen LogP contribution is -2.50. The highest BCUT2D eigenvalue weighted by atomic mass is 79.9. The van der Waals surface area contributed by atoms with Crippen molar-refractivity contribution in [2.75, 3.05) is 57.5 Å². The molecule has 0 aromatic rings. The highest BCUT2D eigenvalue weighted by molar-refractivity contribution is 9.09. The number of hydrogen-bond donors (Lipinski definition) is 0. The Morgan fingerprint density at radius 3 is 1.56 bits per heavy atom. The minimum absolute atomic E-state index is 0.945. The van der Waals surface area contributed by atoms with Crippen molar-refractivity contribution >= 4 is 31.9 Å². The summed E-state index contributed by atoms with van der Waals surface area (Å²) in [6.07, 6.45) is 36.0. The van der Waals surface area contributed by atoms with Crippen LogP contribution in [-0.4, -0.2) is 66.9 Å². The SMILES string of the molecule is CCC(CCCC1CC[N+](C)(CCCCCCCCCCCBr)CC1)CCN(C)CCCCCCCCCCCBr. The number of unbranched alkanes of at least 4 members (excludes halogenated alkanes) is 16. The molecule has 1 heterocycles. The van der Waals surface area contributed by atoms with Gasteiger partial charge in [0.15, 0.2) is 0 Å². The lowest BCUT2D eigenvalue weighted by Gasteiger charge is -2.41. The van der Waals surface area contributed by atoms with Crippen LogP contribution in [0.3, 0.4) is 0 Å². The van der Waals surface area contributed by atoms with Gasteiger partial charge in [-0.05, 0) is 83.3 Å². The first kappa shape index (κ1) is 39.9. The highest BCUT2D eigenvalue weighted by Crippen LogP contribution is 2.28. The summed E-state index contributed by atoms with van der Waals surface area (Å²) < 4.78 is 1.37. The highest BCUT2D eigenvalue weighted by Gasteiger charge is 2.29. The Balaban J connectivity index is 1.99. The van der Waals surface area contributed by atoms with Crippen molar-refractivity contribution in [1.82, 2.24) is 4.90 Å². The van der Waals surface area contributed by atoms with Crippen molar-refractivity contribution in [3.63, 3.8) is 0 Å². The minimum Gasteiger partial charge on any atom is -0.326 e. The van der Waals surface area contributed by atoms with Gasteiger partial charge in [0.1, 0.15) is 0 Å². The van der Waals surface area contributed by atoms with Crippen molar-refractivity contribution in [2.24, 2.45) is 11.8 Å². The molecule has 0 N–H and O–H groups in total. The summed E-state index contributed by atoms with van der Waals surface area (Å²) in [5, 5.41) is 2.36. The minimum atomic E-state index is 0.945. The van der Waals surface area contributed by atoms with Gasteiger partial charge in [-0.2, -0.15) is 0 Å². The van der Waals surface area contributed by atoms with Crippen LogP contribution in [0.15, 0.2) is 0 Å². The molecule has 1 saturated heterocycles. The van der Waals surface area contributed by atoms with Crippen molar-refractivity contribution < 1.29 is 4.48 Å². The van der Waals surface area contributed by atoms with Crippen LogP contribution in [0.4, 0.5) is 0 Å². The average molecular weight is 708 g/mol. The van der Waals surface area contributed by atoms with Crippen LogP contribution in [0.1, 0.15) is 167 Å². The molecule has 1 rings (SSSR count). The molecule has 41 heavy (non-hydrogen) atoms. The summed E-state index contributed by atoms with van der Waals surface area (Å²) in [7, 11) is 4.92. The van der Waals surface area contributed by atoms with E-state index in [0.29, 0.717) is 0 Å². The predicted molar refractivity (Wildman–Crippen MR) is 194 cm³/mol. The van der Waals surface area contributed by atoms with Gasteiger partial charge in [-0.15, -0.1) is 0 Å². The predicted octanol–water partition coefficient (Wildman–Crippen LogP) is 12.2. The van der Waals surface area contributed by atoms with E-state index in [1.54, 1.807) is 0 Å². The maximum Gasteiger partial charge on any atom is 0.0787 e. The number of likely N-dealkylation sites (tertiary alicyclic amines) is 1. The summed E-state index contributed by atoms with van der Waals surface area (Å²) in [6, 6.07) is 0. The Hall–Kier alpha value is 0.880. The molecule has 0 aromatic heterocycles. The van der Waals surface area contributed by atoms with Gasteiger partial charge in [0, 0.05) is 10.7 Å². The van der Waals surface area contributed by atoms with E-state index < -0.39 is 0 Å². The second-order valence-electron chi connectivity index (χ2n) is 14.3. The summed E-state index contributed by atoms with van der Waals surface area (Å²) in [5.41, 5.74) is 0. The zero-order valence-corrected chi connectivity index (χ0v) is 31.6. The molecule has 1 atom stereocenters. The third-order valence-electron chi connectivity index (χ3n) is 10.4. The lowest BCUT2D eigenvalue weighted by atomic mass is 9.87. The zero-order valence-electron chi connectivity index (χ0n) is 28.4. The number of quaternary nitrogens is 1. The lowest BCUT2D eigenvalue weighted by molar-refractivity contribution is -0.915. The molecule has 0 aliphatic carbocycles. The van der Waals surface area contributed by atoms with E-state index in [1.807, 2.05) is 0 Å². The fraction of sp³-hybridized carbons (Fsp3) is 1.00. The molecular weight excluding hydrogens is 632 g/mol. The van der Waals surface area contributed by atoms with Crippen LogP contribution < -0.4 is 0 Å². The molecule has 0 bridgehead atoms. The van der Waals surface area contributed by atoms with E-state index >= 15 is 0 Å². The van der Waals surface area contributed by atoms with E-state index in [2.05, 4.69) is 57.8 Å². The fourth-order valence-corrected chi connectivity index (χ4v) is 7.85. The van der Waals surface area contributed by atoms with E-state index in [1.165, 1.54) is 208 Å². The maximum atomic E-state index is 3.54. The first-order valence-corrected chi connectivity index (χ1v) is 20.9. The molecule has 0 amide bonds. The smallest absolute Gasteiger partial charge is 0.0787 e. The quantitative estimate of drug-likeness (QED) is 0.0408. The Labute approximate surface area is 276 Å². The van der Waals surface area contributed by atoms with Crippen LogP contribution >= 0.6 is 31.9 Å². The Morgan fingerprint density at radius 1 is 0.610 bits per heavy atom. The van der Waals surface area contributed by atoms with Crippen LogP contribution in [0.2, 0.25) is 0 Å². The van der Waals surface area contributed by atoms with Gasteiger partial charge in [-0.3, -0.25) is 0 Å². The van der Waals surface area contributed by atoms with Crippen molar-refractivity contribution in [2.45, 2.75) is 167 Å². The number of halogens is 2. The first-order valence-electron chi connectivity index (χ1n) is 18.7. The molecule has 0 saturated carbocycles. The van der Waals surface area contributed by atoms with E-state index in [4.69, 9.17) is 0 Å². The Bertz CT molecular complexity index is 530. The van der Waals surface area contributed by atoms with E-state index in [9.17, 15) is 0 Å². The summed E-state index contributed by atoms with van der Waals surface area (Å²) in [5.74, 6) is 1.96. The van der Waals surface area contributed by atoms with Crippen molar-refractivity contribution in [3.8, 4) is 0 Å². The number of nitrogens with zero attached hydrogens (tertiary/aromatic N) is 2. The second kappa shape index (κ2) is 28.4. The van der Waals surface area contributed by atoms with Crippen molar-refractivity contribution in [3.05, 3.63) is 0 Å². The van der Waals surface area contributed by atoms with Crippen molar-refractivity contribution in [1.29, 1.82) is 0 Å². The topological polar surface area (TPSA) is 3.24 Å². The average Bonchev–Trinajstić information content (AvgIpc) is 2.98. The van der Waals surface area contributed by atoms with Gasteiger partial charge in [0.05, 0.1) is 26.7 Å². The van der Waals surface area contributed by atoms with Crippen LogP contribution in [0, 0.1) is 11.8 Å². The summed E-state index contributed by atoms with van der Waals surface area (Å²) in [6.45, 7) is 9.36. The Morgan fingerprint density at radius 2 is 1.07 bits per heavy atom. The largest absolute Gasteiger partial charge is 0.326 e. The molecule has 1 fully saturated rings. The molecule has 1 aliphatic heterocycles. The standard InChI is InChI=1S/C37H75Br2N2/c1-4-36(26-32-40(2)31-21-17-13-9-5-7-11-15-19-29-38)24-23-25-37-27-34-41(3,35-28-37)33-22-18-14-10-6-8-12-16-20-30-39/h36-37H,4-35H2,1-3H3/q+1. The molecule has 0 spiro atoms. The third-order valence-corrected chi connectivity index (χ3v) is 11.5. The monoisotopic (exact) mass is 705 g/mol. The van der Waals surface area contributed by atoms with Gasteiger partial charge < -0.3 is 9.38 Å². The third kappa shape index (κ3) is 23.9. The zero-order chi connectivity index (χ0) is 29.9. The number of hydrogen-bond acceptors (Lipinski definition) is 1. The second-order valence-corrected chi connectivity index (χ2v) is 15.9. The molecule has 1 aliphatic rings. The number of alkyl halides is 2. The van der Waals surface area contributed by atoms with E-state index in [-0.39, 0.29) is 0 Å². The van der Waals surface area contributed by atoms with Crippen LogP contribution in [0.25, 0.3) is 0 Å². The molecule has 1 unspecified atom stereocenters. The van der Waals surface area contributed by atoms with E-state index in [0.717, 1.165) is 11.8 Å². The normalized spacial score (nSPS) is 20.2. The molecular formula is C37H75Br2N2+. The maximum absolute atomic E-state index is 3.54. The van der Waals surface area contributed by atoms with Gasteiger partial charge >= 0.3 is 0 Å². The Kier molecular flexibility index (Phi) is 27.6. The van der Waals surface area contributed by atoms with Gasteiger partial charge in [-0.1, -0.05) is 148 Å². The summed E-state index contributed by atoms with van der Waals surface area (Å²) in [4.78, 5) is 2.62. The van der Waals surface area contributed by atoms with Crippen LogP contribution in [-0.2, 0) is 0 Å².